The first-order valence-corrected chi connectivity index (χ1v) is 13.0. The van der Waals surface area contributed by atoms with Gasteiger partial charge in [-0.1, -0.05) is 30.3 Å². The molecule has 0 amide bonds. The van der Waals surface area contributed by atoms with Crippen molar-refractivity contribution in [2.75, 3.05) is 26.3 Å². The predicted octanol–water partition coefficient (Wildman–Crippen LogP) is 6.93. The quantitative estimate of drug-likeness (QED) is 0.257. The van der Waals surface area contributed by atoms with Crippen LogP contribution in [0.1, 0.15) is 57.4 Å². The second kappa shape index (κ2) is 11.1. The number of carboxylic acid groups (broad SMARTS) is 1. The number of benzene rings is 3. The van der Waals surface area contributed by atoms with Gasteiger partial charge in [0.15, 0.2) is 17.5 Å². The largest absolute Gasteiger partial charge is 0.478 e. The highest BCUT2D eigenvalue weighted by atomic mass is 19.2. The molecule has 1 heterocycles. The lowest BCUT2D eigenvalue weighted by Crippen LogP contribution is -2.47. The molecule has 0 radical (unpaired) electrons. The number of nitrogens with zero attached hydrogens (tertiary/aromatic N) is 1. The summed E-state index contributed by atoms with van der Waals surface area (Å²) in [5.74, 6) is -4.48. The van der Waals surface area contributed by atoms with Crippen LogP contribution >= 0.6 is 0 Å². The number of carboxylic acids is 1. The van der Waals surface area contributed by atoms with Gasteiger partial charge in [-0.05, 0) is 101 Å². The van der Waals surface area contributed by atoms with Gasteiger partial charge in [-0.3, -0.25) is 4.39 Å². The molecule has 38 heavy (non-hydrogen) atoms. The summed E-state index contributed by atoms with van der Waals surface area (Å²) in [5.41, 5.74) is 5.60. The number of aryl methyl sites for hydroxylation is 1. The summed E-state index contributed by atoms with van der Waals surface area (Å²) in [5, 5.41) is 9.49. The van der Waals surface area contributed by atoms with Gasteiger partial charge in [0.25, 0.3) is 0 Å². The van der Waals surface area contributed by atoms with E-state index in [0.29, 0.717) is 37.2 Å². The van der Waals surface area contributed by atoms with Crippen molar-refractivity contribution in [2.24, 2.45) is 5.92 Å². The van der Waals surface area contributed by atoms with Gasteiger partial charge < -0.3 is 10.0 Å². The van der Waals surface area contributed by atoms with Crippen LogP contribution in [0.4, 0.5) is 17.6 Å². The fraction of sp³-hybridized carbons (Fsp3) is 0.323. The standard InChI is InChI=1S/C31H29F4NO2/c32-11-2-12-36-17-20(18-36)13-19-5-7-21(8-6-19)29-25(24-15-27(33)30(35)28(34)16-24)4-1-3-22-14-23(31(37)38)9-10-26(22)29/h5-10,14-16,20H,1-4,11-13,17-18H2,(H,37,38). The molecule has 198 valence electrons. The molecule has 0 spiro atoms. The Labute approximate surface area is 219 Å². The Morgan fingerprint density at radius 1 is 0.921 bits per heavy atom. The molecule has 3 aromatic rings. The summed E-state index contributed by atoms with van der Waals surface area (Å²) < 4.78 is 54.7. The van der Waals surface area contributed by atoms with E-state index in [0.717, 1.165) is 60.5 Å². The van der Waals surface area contributed by atoms with Crippen molar-refractivity contribution in [3.63, 3.8) is 0 Å². The maximum Gasteiger partial charge on any atom is 0.335 e. The number of aromatic carboxylic acids is 1. The highest BCUT2D eigenvalue weighted by Gasteiger charge is 2.27. The van der Waals surface area contributed by atoms with E-state index >= 15 is 0 Å². The van der Waals surface area contributed by atoms with Gasteiger partial charge in [0, 0.05) is 19.6 Å². The molecular weight excluding hydrogens is 494 g/mol. The summed E-state index contributed by atoms with van der Waals surface area (Å²) in [6.07, 6.45) is 3.22. The van der Waals surface area contributed by atoms with Gasteiger partial charge in [0.2, 0.25) is 0 Å². The zero-order valence-electron chi connectivity index (χ0n) is 21.0. The monoisotopic (exact) mass is 523 g/mol. The molecule has 0 unspecified atom stereocenters. The van der Waals surface area contributed by atoms with Crippen LogP contribution in [0.15, 0.2) is 54.6 Å². The Balaban J connectivity index is 1.52. The van der Waals surface area contributed by atoms with E-state index in [-0.39, 0.29) is 17.8 Å². The predicted molar refractivity (Wildman–Crippen MR) is 139 cm³/mol. The molecule has 1 fully saturated rings. The van der Waals surface area contributed by atoms with Crippen molar-refractivity contribution in [3.8, 4) is 0 Å². The Kier molecular flexibility index (Phi) is 7.65. The number of fused-ring (bicyclic) bond motifs is 1. The average Bonchev–Trinajstić information content (AvgIpc) is 3.07. The Hall–Kier alpha value is -3.45. The minimum atomic E-state index is -1.50. The van der Waals surface area contributed by atoms with Crippen LogP contribution in [-0.4, -0.2) is 42.3 Å². The molecule has 0 aromatic heterocycles. The Bertz CT molecular complexity index is 1350. The van der Waals surface area contributed by atoms with Gasteiger partial charge in [-0.25, -0.2) is 18.0 Å². The fourth-order valence-electron chi connectivity index (χ4n) is 5.68. The molecule has 0 atom stereocenters. The summed E-state index contributed by atoms with van der Waals surface area (Å²) >= 11 is 0. The summed E-state index contributed by atoms with van der Waals surface area (Å²) in [6, 6.07) is 15.1. The topological polar surface area (TPSA) is 40.5 Å². The lowest BCUT2D eigenvalue weighted by molar-refractivity contribution is 0.0696. The second-order valence-corrected chi connectivity index (χ2v) is 10.2. The number of allylic oxidation sites excluding steroid dienone is 1. The number of likely N-dealkylation sites (tertiary alicyclic amines) is 1. The first kappa shape index (κ1) is 26.2. The van der Waals surface area contributed by atoms with Crippen molar-refractivity contribution < 1.29 is 27.5 Å². The minimum absolute atomic E-state index is 0.182. The molecule has 3 aromatic carbocycles. The molecule has 1 aliphatic heterocycles. The first-order chi connectivity index (χ1) is 18.3. The molecule has 7 heteroatoms. The van der Waals surface area contributed by atoms with Crippen molar-refractivity contribution in [3.05, 3.63) is 105 Å². The lowest BCUT2D eigenvalue weighted by Gasteiger charge is -2.39. The summed E-state index contributed by atoms with van der Waals surface area (Å²) in [4.78, 5) is 13.8. The molecule has 0 saturated carbocycles. The highest BCUT2D eigenvalue weighted by Crippen LogP contribution is 2.41. The van der Waals surface area contributed by atoms with E-state index in [1.807, 2.05) is 24.3 Å². The van der Waals surface area contributed by atoms with Gasteiger partial charge in [-0.2, -0.15) is 0 Å². The maximum absolute atomic E-state index is 14.2. The number of rotatable bonds is 8. The van der Waals surface area contributed by atoms with Crippen molar-refractivity contribution in [2.45, 2.75) is 32.1 Å². The fourth-order valence-corrected chi connectivity index (χ4v) is 5.68. The van der Waals surface area contributed by atoms with E-state index in [2.05, 4.69) is 4.90 Å². The molecule has 1 saturated heterocycles. The van der Waals surface area contributed by atoms with Gasteiger partial charge >= 0.3 is 5.97 Å². The molecule has 5 rings (SSSR count). The second-order valence-electron chi connectivity index (χ2n) is 10.2. The number of hydrogen-bond donors (Lipinski definition) is 1. The van der Waals surface area contributed by atoms with Crippen LogP contribution in [0.25, 0.3) is 11.1 Å². The molecular formula is C31H29F4NO2. The Morgan fingerprint density at radius 3 is 2.29 bits per heavy atom. The zero-order chi connectivity index (χ0) is 26.8. The normalized spacial score (nSPS) is 16.2. The van der Waals surface area contributed by atoms with Gasteiger partial charge in [0.05, 0.1) is 12.2 Å². The number of alkyl halides is 1. The SMILES string of the molecule is O=C(O)c1ccc2c(c1)CCCC(c1cc(F)c(F)c(F)c1)=C2c1ccc(CC2CN(CCCF)C2)cc1. The number of hydrogen-bond acceptors (Lipinski definition) is 2. The zero-order valence-corrected chi connectivity index (χ0v) is 21.0. The van der Waals surface area contributed by atoms with E-state index in [1.54, 1.807) is 12.1 Å². The molecule has 3 nitrogen and oxygen atoms in total. The number of halogens is 4. The van der Waals surface area contributed by atoms with Crippen LogP contribution in [0.3, 0.4) is 0 Å². The van der Waals surface area contributed by atoms with Crippen LogP contribution < -0.4 is 0 Å². The van der Waals surface area contributed by atoms with Crippen LogP contribution in [0.2, 0.25) is 0 Å². The summed E-state index contributed by atoms with van der Waals surface area (Å²) in [7, 11) is 0. The van der Waals surface area contributed by atoms with Gasteiger partial charge in [-0.15, -0.1) is 0 Å². The lowest BCUT2D eigenvalue weighted by atomic mass is 9.86. The average molecular weight is 524 g/mol. The third-order valence-corrected chi connectivity index (χ3v) is 7.54. The smallest absolute Gasteiger partial charge is 0.335 e. The van der Waals surface area contributed by atoms with Crippen molar-refractivity contribution in [1.29, 1.82) is 0 Å². The van der Waals surface area contributed by atoms with Crippen LogP contribution in [0.5, 0.6) is 0 Å². The Morgan fingerprint density at radius 2 is 1.63 bits per heavy atom. The van der Waals surface area contributed by atoms with Crippen molar-refractivity contribution in [1.82, 2.24) is 4.90 Å². The highest BCUT2D eigenvalue weighted by molar-refractivity contribution is 6.00. The maximum atomic E-state index is 14.2. The number of carbonyl (C=O) groups is 1. The minimum Gasteiger partial charge on any atom is -0.478 e. The first-order valence-electron chi connectivity index (χ1n) is 13.0. The van der Waals surface area contributed by atoms with E-state index in [4.69, 9.17) is 0 Å². The van der Waals surface area contributed by atoms with Crippen LogP contribution in [-0.2, 0) is 12.8 Å². The van der Waals surface area contributed by atoms with E-state index in [1.165, 1.54) is 11.6 Å². The third-order valence-electron chi connectivity index (χ3n) is 7.54. The van der Waals surface area contributed by atoms with E-state index in [9.17, 15) is 27.5 Å². The van der Waals surface area contributed by atoms with Crippen LogP contribution in [0, 0.1) is 23.4 Å². The third kappa shape index (κ3) is 5.39. The van der Waals surface area contributed by atoms with Crippen molar-refractivity contribution >= 4 is 17.1 Å². The molecule has 1 N–H and O–H groups in total. The summed E-state index contributed by atoms with van der Waals surface area (Å²) in [6.45, 7) is 2.41. The molecule has 1 aliphatic carbocycles. The molecule has 2 aliphatic rings. The molecule has 0 bridgehead atoms. The van der Waals surface area contributed by atoms with Gasteiger partial charge in [0.1, 0.15) is 0 Å². The van der Waals surface area contributed by atoms with E-state index < -0.39 is 23.4 Å².